The molecule has 1 fully saturated rings. The standard InChI is InChI=1S/C13H15N2O3.C2H6.W/c1-15-11(16)8-7-10(13(15)18)14-12(17)9-5-3-2-4-6-9;1-2;/h3,6,10H,2,4,7-8H2,1H3,(H,14,17);1-2H3;/q-1;;. The summed E-state index contributed by atoms with van der Waals surface area (Å²) in [6.45, 7) is 4.00. The van der Waals surface area contributed by atoms with Crippen LogP contribution in [0.5, 0.6) is 0 Å². The number of amides is 3. The van der Waals surface area contributed by atoms with Crippen LogP contribution in [0.25, 0.3) is 0 Å². The van der Waals surface area contributed by atoms with E-state index in [1.165, 1.54) is 7.05 Å². The predicted octanol–water partition coefficient (Wildman–Crippen LogP) is 1.35. The van der Waals surface area contributed by atoms with Crippen LogP contribution in [-0.2, 0) is 35.4 Å². The third-order valence-corrected chi connectivity index (χ3v) is 3.12. The Labute approximate surface area is 140 Å². The first-order chi connectivity index (χ1) is 9.59. The van der Waals surface area contributed by atoms with Gasteiger partial charge in [-0.15, -0.1) is 11.6 Å². The van der Waals surface area contributed by atoms with Gasteiger partial charge >= 0.3 is 0 Å². The van der Waals surface area contributed by atoms with Gasteiger partial charge in [-0.2, -0.15) is 12.2 Å². The van der Waals surface area contributed by atoms with Gasteiger partial charge in [0.1, 0.15) is 5.91 Å². The Morgan fingerprint density at radius 2 is 2.00 bits per heavy atom. The van der Waals surface area contributed by atoms with Gasteiger partial charge in [-0.3, -0.25) is 14.5 Å². The summed E-state index contributed by atoms with van der Waals surface area (Å²) < 4.78 is 0. The van der Waals surface area contributed by atoms with E-state index in [2.05, 4.69) is 11.4 Å². The first kappa shape index (κ1) is 19.8. The molecule has 0 saturated carbocycles. The van der Waals surface area contributed by atoms with Gasteiger partial charge in [-0.1, -0.05) is 26.7 Å². The minimum absolute atomic E-state index is 0. The van der Waals surface area contributed by atoms with Crippen molar-refractivity contribution in [2.24, 2.45) is 0 Å². The molecule has 3 amide bonds. The third-order valence-electron chi connectivity index (χ3n) is 3.12. The largest absolute Gasteiger partial charge is 0.394 e. The Kier molecular flexibility index (Phi) is 9.10. The molecule has 0 aromatic rings. The molecule has 0 aromatic heterocycles. The number of hydrogen-bond acceptors (Lipinski definition) is 3. The van der Waals surface area contributed by atoms with Gasteiger partial charge in [0.05, 0.1) is 6.04 Å². The number of allylic oxidation sites excluding steroid dienone is 2. The van der Waals surface area contributed by atoms with Crippen LogP contribution in [0, 0.1) is 6.08 Å². The van der Waals surface area contributed by atoms with Crippen molar-refractivity contribution in [3.63, 3.8) is 0 Å². The fraction of sp³-hybridized carbons (Fsp3) is 0.533. The third kappa shape index (κ3) is 5.23. The molecular formula is C15H21N2O3W-. The molecule has 116 valence electrons. The van der Waals surface area contributed by atoms with E-state index in [0.717, 1.165) is 17.7 Å². The molecule has 0 aromatic carbocycles. The van der Waals surface area contributed by atoms with Crippen molar-refractivity contribution in [2.45, 2.75) is 45.6 Å². The molecular weight excluding hydrogens is 440 g/mol. The van der Waals surface area contributed by atoms with E-state index >= 15 is 0 Å². The zero-order chi connectivity index (χ0) is 15.1. The molecule has 1 atom stereocenters. The van der Waals surface area contributed by atoms with E-state index < -0.39 is 6.04 Å². The first-order valence-corrected chi connectivity index (χ1v) is 6.99. The molecule has 2 aliphatic rings. The van der Waals surface area contributed by atoms with Crippen LogP contribution in [0.1, 0.15) is 39.5 Å². The smallest absolute Gasteiger partial charge is 0.250 e. The summed E-state index contributed by atoms with van der Waals surface area (Å²) >= 11 is 0. The van der Waals surface area contributed by atoms with Crippen molar-refractivity contribution in [3.8, 4) is 0 Å². The summed E-state index contributed by atoms with van der Waals surface area (Å²) in [7, 11) is 1.44. The molecule has 1 unspecified atom stereocenters. The Morgan fingerprint density at radius 3 is 2.57 bits per heavy atom. The van der Waals surface area contributed by atoms with E-state index in [1.54, 1.807) is 6.08 Å². The maximum atomic E-state index is 11.9. The van der Waals surface area contributed by atoms with E-state index in [4.69, 9.17) is 0 Å². The van der Waals surface area contributed by atoms with Gasteiger partial charge in [0.15, 0.2) is 0 Å². The average molecular weight is 461 g/mol. The normalized spacial score (nSPS) is 20.8. The molecule has 1 heterocycles. The summed E-state index contributed by atoms with van der Waals surface area (Å²) in [5.41, 5.74) is 0.466. The Balaban J connectivity index is 0.00000128. The Morgan fingerprint density at radius 1 is 1.33 bits per heavy atom. The van der Waals surface area contributed by atoms with Crippen LogP contribution in [0.4, 0.5) is 0 Å². The minimum atomic E-state index is -0.607. The van der Waals surface area contributed by atoms with E-state index in [9.17, 15) is 14.4 Å². The molecule has 21 heavy (non-hydrogen) atoms. The summed E-state index contributed by atoms with van der Waals surface area (Å²) in [6, 6.07) is -0.607. The van der Waals surface area contributed by atoms with Crippen LogP contribution in [0.2, 0.25) is 0 Å². The number of rotatable bonds is 2. The second-order valence-electron chi connectivity index (χ2n) is 4.40. The van der Waals surface area contributed by atoms with E-state index in [0.29, 0.717) is 12.0 Å². The molecule has 2 rings (SSSR count). The number of likely N-dealkylation sites (tertiary alicyclic amines) is 1. The van der Waals surface area contributed by atoms with Crippen molar-refractivity contribution >= 4 is 17.7 Å². The molecule has 5 nitrogen and oxygen atoms in total. The number of nitrogens with one attached hydrogen (secondary N) is 1. The fourth-order valence-corrected chi connectivity index (χ4v) is 2.00. The van der Waals surface area contributed by atoms with E-state index in [-0.39, 0.29) is 45.2 Å². The van der Waals surface area contributed by atoms with Crippen molar-refractivity contribution in [1.82, 2.24) is 10.2 Å². The summed E-state index contributed by atoms with van der Waals surface area (Å²) in [5.74, 6) is -0.846. The van der Waals surface area contributed by atoms with Crippen molar-refractivity contribution in [2.75, 3.05) is 7.05 Å². The molecule has 0 spiro atoms. The monoisotopic (exact) mass is 461 g/mol. The number of carbonyl (C=O) groups excluding carboxylic acids is 3. The fourth-order valence-electron chi connectivity index (χ4n) is 2.00. The zero-order valence-electron chi connectivity index (χ0n) is 12.6. The number of imide groups is 1. The molecule has 1 aliphatic carbocycles. The van der Waals surface area contributed by atoms with Crippen LogP contribution >= 0.6 is 0 Å². The predicted molar refractivity (Wildman–Crippen MR) is 75.4 cm³/mol. The number of nitrogens with zero attached hydrogens (tertiary/aromatic N) is 1. The van der Waals surface area contributed by atoms with Crippen LogP contribution in [0.3, 0.4) is 0 Å². The van der Waals surface area contributed by atoms with Gasteiger partial charge in [0.2, 0.25) is 5.91 Å². The minimum Gasteiger partial charge on any atom is -0.394 e. The average Bonchev–Trinajstić information content (AvgIpc) is 2.50. The molecule has 0 radical (unpaired) electrons. The van der Waals surface area contributed by atoms with E-state index in [1.807, 2.05) is 19.9 Å². The van der Waals surface area contributed by atoms with Gasteiger partial charge < -0.3 is 10.1 Å². The van der Waals surface area contributed by atoms with Gasteiger partial charge in [-0.25, -0.2) is 0 Å². The van der Waals surface area contributed by atoms with Crippen molar-refractivity contribution in [1.29, 1.82) is 0 Å². The summed E-state index contributed by atoms with van der Waals surface area (Å²) in [5, 5.41) is 2.66. The first-order valence-electron chi connectivity index (χ1n) is 6.99. The molecule has 0 bridgehead atoms. The number of likely N-dealkylation sites (N-methyl/N-ethyl adjacent to an activating group) is 1. The zero-order valence-corrected chi connectivity index (χ0v) is 15.6. The quantitative estimate of drug-likeness (QED) is 0.499. The molecule has 1 saturated heterocycles. The molecule has 1 aliphatic heterocycles. The maximum Gasteiger partial charge on any atom is 0.250 e. The molecule has 6 heteroatoms. The second-order valence-corrected chi connectivity index (χ2v) is 4.40. The van der Waals surface area contributed by atoms with Gasteiger partial charge in [0.25, 0.3) is 5.91 Å². The SMILES string of the molecule is CC.CN1C(=O)CCC(NC(=O)C2=CCCC=[C-]2)C1=O.[W]. The van der Waals surface area contributed by atoms with Crippen LogP contribution < -0.4 is 5.32 Å². The second kappa shape index (κ2) is 9.67. The summed E-state index contributed by atoms with van der Waals surface area (Å²) in [4.78, 5) is 36.1. The number of carbonyl (C=O) groups is 3. The van der Waals surface area contributed by atoms with Crippen LogP contribution in [-0.4, -0.2) is 35.7 Å². The topological polar surface area (TPSA) is 66.5 Å². The van der Waals surface area contributed by atoms with Crippen molar-refractivity contribution < 1.29 is 35.4 Å². The van der Waals surface area contributed by atoms with Crippen LogP contribution in [0.15, 0.2) is 17.7 Å². The summed E-state index contributed by atoms with van der Waals surface area (Å²) in [6.07, 6.45) is 8.84. The molecule has 1 N–H and O–H groups in total. The maximum absolute atomic E-state index is 11.9. The van der Waals surface area contributed by atoms with Gasteiger partial charge in [-0.05, 0) is 6.42 Å². The number of piperidine rings is 1. The Hall–Kier alpha value is -1.22. The van der Waals surface area contributed by atoms with Gasteiger partial charge in [0, 0.05) is 34.5 Å². The van der Waals surface area contributed by atoms with Crippen molar-refractivity contribution in [3.05, 3.63) is 23.8 Å². The number of hydrogen-bond donors (Lipinski definition) is 1. The Bertz CT molecular complexity index is 458.